The first-order chi connectivity index (χ1) is 38.2. The maximum atomic E-state index is 14.4. The molecule has 7 amide bonds. The van der Waals surface area contributed by atoms with E-state index in [2.05, 4.69) is 16.0 Å². The second-order valence-electron chi connectivity index (χ2n) is 20.8. The normalized spacial score (nSPS) is 17.2. The SMILES string of the molecule is COc1cc2c(cc1OCc1cccc(CC(=O)N3C[C@@H](CCl)c4c3cc(OCc3ccc(NC(=O)[C@H](C)NC(=O)C(NC(=O)CCCCCN5C(=O)C=CC5=O)C(C)C)cc3)c3ccccc43)c1)N=C[C@@H]1CCCCN1C2=O. The molecular formula is C61H66ClN7O10. The molecule has 0 spiro atoms. The highest BCUT2D eigenvalue weighted by Gasteiger charge is 2.36. The van der Waals surface area contributed by atoms with Crippen molar-refractivity contribution in [2.24, 2.45) is 10.9 Å². The molecule has 412 valence electrons. The largest absolute Gasteiger partial charge is 0.493 e. The lowest BCUT2D eigenvalue weighted by atomic mass is 9.95. The standard InChI is InChI=1S/C61H66ClN7O10/c1-37(2)58(66-53(70)18-6-5-10-26-68-54(71)23-24-55(68)72)60(75)64-38(3)59(74)65-43-21-19-39(20-22-43)35-78-50-31-49-57(46-17-8-7-16-45(46)50)42(32-62)34-69(49)56(73)28-40-13-12-14-41(27-40)36-79-52-30-48-47(29-51(52)77-4)61(76)67-25-11-9-15-44(67)33-63-48/h7-8,12-14,16-17,19-24,27,29-31,33,37-38,42,44,58H,5-6,9-11,15,18,25-26,28,32,34-36H2,1-4H3,(H,64,75)(H,65,74)(H,66,70)/t38-,42+,44-,58?/m0/s1. The third-order valence-corrected chi connectivity index (χ3v) is 15.3. The molecule has 1 unspecified atom stereocenters. The molecule has 4 heterocycles. The number of aliphatic imine (C=N–C) groups is 1. The Bertz CT molecular complexity index is 3200. The van der Waals surface area contributed by atoms with Crippen molar-refractivity contribution in [3.63, 3.8) is 0 Å². The van der Waals surface area contributed by atoms with E-state index in [-0.39, 0.29) is 80.0 Å². The summed E-state index contributed by atoms with van der Waals surface area (Å²) in [6.45, 7) is 6.96. The topological polar surface area (TPSA) is 205 Å². The molecule has 4 aliphatic rings. The van der Waals surface area contributed by atoms with Crippen molar-refractivity contribution < 1.29 is 47.8 Å². The molecular weight excluding hydrogens is 1030 g/mol. The maximum Gasteiger partial charge on any atom is 0.256 e. The van der Waals surface area contributed by atoms with E-state index in [0.717, 1.165) is 58.0 Å². The molecule has 17 nitrogen and oxygen atoms in total. The monoisotopic (exact) mass is 1090 g/mol. The number of hydrogen-bond acceptors (Lipinski definition) is 11. The number of benzene rings is 5. The van der Waals surface area contributed by atoms with Gasteiger partial charge >= 0.3 is 0 Å². The molecule has 4 atom stereocenters. The van der Waals surface area contributed by atoms with Crippen molar-refractivity contribution in [3.05, 3.63) is 131 Å². The van der Waals surface area contributed by atoms with E-state index < -0.39 is 23.9 Å². The van der Waals surface area contributed by atoms with Crippen LogP contribution in [0.3, 0.4) is 0 Å². The lowest BCUT2D eigenvalue weighted by molar-refractivity contribution is -0.137. The van der Waals surface area contributed by atoms with Gasteiger partial charge in [0.05, 0.1) is 36.5 Å². The van der Waals surface area contributed by atoms with Crippen LogP contribution in [0.4, 0.5) is 17.1 Å². The zero-order valence-electron chi connectivity index (χ0n) is 44.9. The number of methoxy groups -OCH3 is 1. The van der Waals surface area contributed by atoms with Gasteiger partial charge in [0, 0.05) is 79.4 Å². The fourth-order valence-corrected chi connectivity index (χ4v) is 10.8. The van der Waals surface area contributed by atoms with Gasteiger partial charge in [-0.3, -0.25) is 43.5 Å². The van der Waals surface area contributed by atoms with Crippen molar-refractivity contribution in [1.29, 1.82) is 0 Å². The third-order valence-electron chi connectivity index (χ3n) is 14.9. The van der Waals surface area contributed by atoms with Gasteiger partial charge in [0.15, 0.2) is 11.5 Å². The van der Waals surface area contributed by atoms with Crippen LogP contribution in [0.2, 0.25) is 0 Å². The van der Waals surface area contributed by atoms with Gasteiger partial charge < -0.3 is 40.0 Å². The molecule has 0 aromatic heterocycles. The van der Waals surface area contributed by atoms with Gasteiger partial charge in [-0.1, -0.05) is 80.9 Å². The first kappa shape index (κ1) is 55.7. The van der Waals surface area contributed by atoms with E-state index in [1.165, 1.54) is 17.1 Å². The minimum atomic E-state index is -0.919. The number of carbonyl (C=O) groups is 7. The number of alkyl halides is 1. The van der Waals surface area contributed by atoms with Crippen molar-refractivity contribution in [3.8, 4) is 17.2 Å². The second kappa shape index (κ2) is 25.2. The van der Waals surface area contributed by atoms with Crippen LogP contribution in [-0.2, 0) is 48.4 Å². The highest BCUT2D eigenvalue weighted by Crippen LogP contribution is 2.46. The van der Waals surface area contributed by atoms with Gasteiger partial charge in [-0.15, -0.1) is 11.6 Å². The summed E-state index contributed by atoms with van der Waals surface area (Å²) in [7, 11) is 1.55. The number of hydrogen-bond donors (Lipinski definition) is 3. The fraction of sp³-hybridized carbons (Fsp3) is 0.377. The van der Waals surface area contributed by atoms with Crippen LogP contribution >= 0.6 is 11.6 Å². The number of nitrogens with one attached hydrogen (secondary N) is 3. The molecule has 1 fully saturated rings. The Kier molecular flexibility index (Phi) is 17.7. The summed E-state index contributed by atoms with van der Waals surface area (Å²) in [5, 5.41) is 10.2. The highest BCUT2D eigenvalue weighted by atomic mass is 35.5. The van der Waals surface area contributed by atoms with Crippen LogP contribution in [0.1, 0.15) is 104 Å². The van der Waals surface area contributed by atoms with E-state index in [0.29, 0.717) is 72.4 Å². The molecule has 4 aliphatic heterocycles. The number of ether oxygens (including phenoxy) is 3. The van der Waals surface area contributed by atoms with Gasteiger partial charge in [-0.05, 0) is 90.8 Å². The Morgan fingerprint density at radius 3 is 2.24 bits per heavy atom. The second-order valence-corrected chi connectivity index (χ2v) is 21.1. The summed E-state index contributed by atoms with van der Waals surface area (Å²) in [5.41, 5.74) is 5.77. The van der Waals surface area contributed by atoms with Crippen LogP contribution in [0.15, 0.2) is 108 Å². The van der Waals surface area contributed by atoms with Crippen LogP contribution < -0.4 is 35.1 Å². The Hall–Kier alpha value is -8.05. The minimum Gasteiger partial charge on any atom is -0.493 e. The van der Waals surface area contributed by atoms with Gasteiger partial charge in [0.25, 0.3) is 17.7 Å². The summed E-state index contributed by atoms with van der Waals surface area (Å²) in [6, 6.07) is 26.4. The summed E-state index contributed by atoms with van der Waals surface area (Å²) in [6.07, 6.45) is 9.25. The Labute approximate surface area is 464 Å². The number of halogens is 1. The number of piperidine rings is 1. The average molecular weight is 1090 g/mol. The van der Waals surface area contributed by atoms with E-state index in [4.69, 9.17) is 30.8 Å². The Morgan fingerprint density at radius 2 is 1.49 bits per heavy atom. The lowest BCUT2D eigenvalue weighted by Crippen LogP contribution is -2.53. The van der Waals surface area contributed by atoms with Gasteiger partial charge in [-0.2, -0.15) is 0 Å². The van der Waals surface area contributed by atoms with E-state index in [1.54, 1.807) is 57.0 Å². The molecule has 0 saturated carbocycles. The van der Waals surface area contributed by atoms with Crippen LogP contribution in [0.25, 0.3) is 10.8 Å². The van der Waals surface area contributed by atoms with E-state index >= 15 is 0 Å². The Morgan fingerprint density at radius 1 is 0.759 bits per heavy atom. The molecule has 1 saturated heterocycles. The molecule has 18 heteroatoms. The van der Waals surface area contributed by atoms with Crippen molar-refractivity contribution in [1.82, 2.24) is 20.4 Å². The number of nitrogens with zero attached hydrogens (tertiary/aromatic N) is 4. The fourth-order valence-electron chi connectivity index (χ4n) is 10.6. The zero-order chi connectivity index (χ0) is 55.7. The summed E-state index contributed by atoms with van der Waals surface area (Å²) < 4.78 is 18.5. The van der Waals surface area contributed by atoms with E-state index in [9.17, 15) is 33.6 Å². The number of amides is 7. The Balaban J connectivity index is 0.792. The maximum absolute atomic E-state index is 14.4. The zero-order valence-corrected chi connectivity index (χ0v) is 45.7. The predicted octanol–water partition coefficient (Wildman–Crippen LogP) is 8.70. The summed E-state index contributed by atoms with van der Waals surface area (Å²) in [5.74, 6) is -0.599. The van der Waals surface area contributed by atoms with Gasteiger partial charge in [0.1, 0.15) is 31.0 Å². The molecule has 3 N–H and O–H groups in total. The van der Waals surface area contributed by atoms with Crippen molar-refractivity contribution in [2.75, 3.05) is 42.8 Å². The number of imide groups is 1. The number of anilines is 2. The highest BCUT2D eigenvalue weighted by molar-refractivity contribution is 6.19. The smallest absolute Gasteiger partial charge is 0.256 e. The van der Waals surface area contributed by atoms with Gasteiger partial charge in [0.2, 0.25) is 23.6 Å². The summed E-state index contributed by atoms with van der Waals surface area (Å²) >= 11 is 6.63. The molecule has 79 heavy (non-hydrogen) atoms. The first-order valence-electron chi connectivity index (χ1n) is 27.0. The molecule has 5 aromatic carbocycles. The number of carbonyl (C=O) groups excluding carboxylic acids is 7. The molecule has 5 aromatic rings. The molecule has 0 bridgehead atoms. The summed E-state index contributed by atoms with van der Waals surface area (Å²) in [4.78, 5) is 100. The predicted molar refractivity (Wildman–Crippen MR) is 302 cm³/mol. The number of fused-ring (bicyclic) bond motifs is 5. The quantitative estimate of drug-likeness (QED) is 0.0342. The van der Waals surface area contributed by atoms with Gasteiger partial charge in [-0.25, -0.2) is 0 Å². The first-order valence-corrected chi connectivity index (χ1v) is 27.6. The van der Waals surface area contributed by atoms with Crippen LogP contribution in [0, 0.1) is 5.92 Å². The van der Waals surface area contributed by atoms with Crippen molar-refractivity contribution in [2.45, 2.75) is 109 Å². The van der Waals surface area contributed by atoms with Crippen LogP contribution in [-0.4, -0.2) is 108 Å². The van der Waals surface area contributed by atoms with Crippen LogP contribution in [0.5, 0.6) is 17.2 Å². The number of rotatable bonds is 22. The molecule has 9 rings (SSSR count). The van der Waals surface area contributed by atoms with Crippen molar-refractivity contribution >= 4 is 87.0 Å². The lowest BCUT2D eigenvalue weighted by Gasteiger charge is -2.32. The number of unbranched alkanes of at least 4 members (excludes halogenated alkanes) is 2. The third kappa shape index (κ3) is 12.9. The minimum absolute atomic E-state index is 0.0259. The molecule has 0 aliphatic carbocycles. The van der Waals surface area contributed by atoms with E-state index in [1.807, 2.05) is 77.8 Å². The average Bonchev–Trinajstić information content (AvgIpc) is 4.22. The molecule has 0 radical (unpaired) electrons.